The molecule has 0 atom stereocenters. The lowest BCUT2D eigenvalue weighted by Gasteiger charge is -2.17. The van der Waals surface area contributed by atoms with Gasteiger partial charge < -0.3 is 9.84 Å². The molecular formula is C21H23BrN2O3. The first-order chi connectivity index (χ1) is 13.0. The summed E-state index contributed by atoms with van der Waals surface area (Å²) in [7, 11) is 0. The van der Waals surface area contributed by atoms with Gasteiger partial charge in [0.15, 0.2) is 0 Å². The highest BCUT2D eigenvalue weighted by molar-refractivity contribution is 9.10. The third kappa shape index (κ3) is 4.50. The second-order valence-electron chi connectivity index (χ2n) is 6.63. The number of hydrogen-bond donors (Lipinski definition) is 1. The minimum absolute atomic E-state index is 0.263. The maximum absolute atomic E-state index is 11.2. The molecule has 1 N–H and O–H groups in total. The zero-order valence-corrected chi connectivity index (χ0v) is 17.1. The highest BCUT2D eigenvalue weighted by Crippen LogP contribution is 2.26. The molecule has 3 rings (SSSR count). The molecule has 6 heteroatoms. The Morgan fingerprint density at radius 2 is 2.00 bits per heavy atom. The lowest BCUT2D eigenvalue weighted by atomic mass is 10.1. The standard InChI is InChI=1S/C21H23BrN2O3/c1-3-14(4-2)13-27-20-8-6-18(22)10-17(20)12-24-19-7-5-15(21(25)26)9-16(19)11-23-24/h5-11,14H,3-4,12-13H2,1-2H3,(H,25,26). The number of fused-ring (bicyclic) bond motifs is 1. The van der Waals surface area contributed by atoms with Crippen LogP contribution in [0.3, 0.4) is 0 Å². The second-order valence-corrected chi connectivity index (χ2v) is 7.54. The average Bonchev–Trinajstić information content (AvgIpc) is 3.06. The molecule has 0 fully saturated rings. The van der Waals surface area contributed by atoms with Crippen molar-refractivity contribution in [3.8, 4) is 5.75 Å². The van der Waals surface area contributed by atoms with Gasteiger partial charge in [-0.2, -0.15) is 5.10 Å². The highest BCUT2D eigenvalue weighted by atomic mass is 79.9. The fourth-order valence-electron chi connectivity index (χ4n) is 3.05. The first kappa shape index (κ1) is 19.4. The van der Waals surface area contributed by atoms with E-state index in [9.17, 15) is 4.79 Å². The predicted octanol–water partition coefficient (Wildman–Crippen LogP) is 5.36. The second kappa shape index (κ2) is 8.57. The van der Waals surface area contributed by atoms with Gasteiger partial charge in [-0.25, -0.2) is 4.79 Å². The van der Waals surface area contributed by atoms with Crippen LogP contribution < -0.4 is 4.74 Å². The van der Waals surface area contributed by atoms with Crippen LogP contribution in [-0.2, 0) is 6.54 Å². The van der Waals surface area contributed by atoms with E-state index < -0.39 is 5.97 Å². The fraction of sp³-hybridized carbons (Fsp3) is 0.333. The van der Waals surface area contributed by atoms with Crippen molar-refractivity contribution < 1.29 is 14.6 Å². The summed E-state index contributed by atoms with van der Waals surface area (Å²) >= 11 is 3.53. The van der Waals surface area contributed by atoms with Crippen molar-refractivity contribution >= 4 is 32.8 Å². The smallest absolute Gasteiger partial charge is 0.335 e. The van der Waals surface area contributed by atoms with Crippen LogP contribution in [0.15, 0.2) is 47.1 Å². The molecule has 0 saturated carbocycles. The summed E-state index contributed by atoms with van der Waals surface area (Å²) in [5.41, 5.74) is 2.19. The van der Waals surface area contributed by atoms with E-state index in [0.717, 1.165) is 39.5 Å². The van der Waals surface area contributed by atoms with Crippen molar-refractivity contribution in [1.29, 1.82) is 0 Å². The van der Waals surface area contributed by atoms with Crippen LogP contribution in [0.4, 0.5) is 0 Å². The topological polar surface area (TPSA) is 64.4 Å². The van der Waals surface area contributed by atoms with Gasteiger partial charge in [0.05, 0.1) is 30.4 Å². The number of ether oxygens (including phenoxy) is 1. The van der Waals surface area contributed by atoms with Gasteiger partial charge >= 0.3 is 5.97 Å². The normalized spacial score (nSPS) is 11.3. The number of aromatic nitrogens is 2. The maximum Gasteiger partial charge on any atom is 0.335 e. The van der Waals surface area contributed by atoms with E-state index in [0.29, 0.717) is 19.1 Å². The first-order valence-corrected chi connectivity index (χ1v) is 9.91. The van der Waals surface area contributed by atoms with Crippen molar-refractivity contribution in [1.82, 2.24) is 9.78 Å². The van der Waals surface area contributed by atoms with E-state index in [1.807, 2.05) is 22.9 Å². The zero-order chi connectivity index (χ0) is 19.4. The van der Waals surface area contributed by atoms with Crippen LogP contribution >= 0.6 is 15.9 Å². The largest absolute Gasteiger partial charge is 0.493 e. The van der Waals surface area contributed by atoms with E-state index in [-0.39, 0.29) is 5.56 Å². The van der Waals surface area contributed by atoms with Crippen molar-refractivity contribution in [2.75, 3.05) is 6.61 Å². The van der Waals surface area contributed by atoms with E-state index in [1.54, 1.807) is 24.4 Å². The molecule has 1 heterocycles. The Kier molecular flexibility index (Phi) is 6.16. The molecule has 3 aromatic rings. The Bertz CT molecular complexity index is 948. The Morgan fingerprint density at radius 3 is 2.70 bits per heavy atom. The summed E-state index contributed by atoms with van der Waals surface area (Å²) in [6, 6.07) is 11.1. The van der Waals surface area contributed by atoms with Gasteiger partial charge in [0.2, 0.25) is 0 Å². The van der Waals surface area contributed by atoms with Gasteiger partial charge in [0.25, 0.3) is 0 Å². The Morgan fingerprint density at radius 1 is 1.22 bits per heavy atom. The van der Waals surface area contributed by atoms with Gasteiger partial charge in [0.1, 0.15) is 5.75 Å². The summed E-state index contributed by atoms with van der Waals surface area (Å²) < 4.78 is 8.96. The van der Waals surface area contributed by atoms with Crippen LogP contribution in [0, 0.1) is 5.92 Å². The Balaban J connectivity index is 1.87. The molecule has 0 aliphatic heterocycles. The average molecular weight is 431 g/mol. The minimum Gasteiger partial charge on any atom is -0.493 e. The Labute approximate surface area is 167 Å². The zero-order valence-electron chi connectivity index (χ0n) is 15.5. The highest BCUT2D eigenvalue weighted by Gasteiger charge is 2.12. The molecule has 0 amide bonds. The van der Waals surface area contributed by atoms with Gasteiger partial charge in [0, 0.05) is 15.4 Å². The van der Waals surface area contributed by atoms with Crippen LogP contribution in [0.5, 0.6) is 5.75 Å². The number of benzene rings is 2. The van der Waals surface area contributed by atoms with Crippen molar-refractivity contribution in [3.05, 3.63) is 58.2 Å². The fourth-order valence-corrected chi connectivity index (χ4v) is 3.46. The van der Waals surface area contributed by atoms with Crippen LogP contribution in [-0.4, -0.2) is 27.5 Å². The van der Waals surface area contributed by atoms with E-state index in [2.05, 4.69) is 34.9 Å². The molecule has 142 valence electrons. The van der Waals surface area contributed by atoms with E-state index in [4.69, 9.17) is 9.84 Å². The molecule has 5 nitrogen and oxygen atoms in total. The summed E-state index contributed by atoms with van der Waals surface area (Å²) in [6.07, 6.45) is 3.89. The molecule has 0 radical (unpaired) electrons. The lowest BCUT2D eigenvalue weighted by Crippen LogP contribution is -2.12. The quantitative estimate of drug-likeness (QED) is 0.522. The number of rotatable bonds is 8. The molecule has 27 heavy (non-hydrogen) atoms. The van der Waals surface area contributed by atoms with E-state index >= 15 is 0 Å². The third-order valence-corrected chi connectivity index (χ3v) is 5.35. The first-order valence-electron chi connectivity index (χ1n) is 9.11. The predicted molar refractivity (Wildman–Crippen MR) is 110 cm³/mol. The molecule has 0 bridgehead atoms. The maximum atomic E-state index is 11.2. The summed E-state index contributed by atoms with van der Waals surface area (Å²) in [5.74, 6) is 0.464. The molecular weight excluding hydrogens is 408 g/mol. The van der Waals surface area contributed by atoms with Crippen molar-refractivity contribution in [2.24, 2.45) is 5.92 Å². The summed E-state index contributed by atoms with van der Waals surface area (Å²) in [5, 5.41) is 14.4. The van der Waals surface area contributed by atoms with Crippen molar-refractivity contribution in [3.63, 3.8) is 0 Å². The number of carboxylic acids is 1. The van der Waals surface area contributed by atoms with Gasteiger partial charge in [-0.15, -0.1) is 0 Å². The number of carboxylic acid groups (broad SMARTS) is 1. The molecule has 0 spiro atoms. The third-order valence-electron chi connectivity index (χ3n) is 4.86. The van der Waals surface area contributed by atoms with Gasteiger partial charge in [-0.1, -0.05) is 42.6 Å². The molecule has 0 unspecified atom stereocenters. The number of hydrogen-bond acceptors (Lipinski definition) is 3. The molecule has 0 aliphatic rings. The van der Waals surface area contributed by atoms with Gasteiger partial charge in [-0.05, 0) is 42.3 Å². The van der Waals surface area contributed by atoms with Crippen LogP contribution in [0.25, 0.3) is 10.9 Å². The molecule has 1 aromatic heterocycles. The Hall–Kier alpha value is -2.34. The number of nitrogens with zero attached hydrogens (tertiary/aromatic N) is 2. The molecule has 0 aliphatic carbocycles. The summed E-state index contributed by atoms with van der Waals surface area (Å²) in [4.78, 5) is 11.2. The molecule has 2 aromatic carbocycles. The van der Waals surface area contributed by atoms with E-state index in [1.165, 1.54) is 0 Å². The van der Waals surface area contributed by atoms with Gasteiger partial charge in [-0.3, -0.25) is 4.68 Å². The van der Waals surface area contributed by atoms with Crippen molar-refractivity contribution in [2.45, 2.75) is 33.2 Å². The number of halogens is 1. The molecule has 0 saturated heterocycles. The number of carbonyl (C=O) groups is 1. The lowest BCUT2D eigenvalue weighted by molar-refractivity contribution is 0.0697. The van der Waals surface area contributed by atoms with Crippen LogP contribution in [0.2, 0.25) is 0 Å². The monoisotopic (exact) mass is 430 g/mol. The number of aromatic carboxylic acids is 1. The SMILES string of the molecule is CCC(CC)COc1ccc(Br)cc1Cn1ncc2cc(C(=O)O)ccc21. The minimum atomic E-state index is -0.936. The summed E-state index contributed by atoms with van der Waals surface area (Å²) in [6.45, 7) is 5.61. The van der Waals surface area contributed by atoms with Crippen LogP contribution in [0.1, 0.15) is 42.6 Å².